The Morgan fingerprint density at radius 3 is 2.75 bits per heavy atom. The van der Waals surface area contributed by atoms with Crippen molar-refractivity contribution >= 4 is 22.6 Å². The number of nitrogens with one attached hydrogen (secondary N) is 1. The van der Waals surface area contributed by atoms with Crippen molar-refractivity contribution in [2.24, 2.45) is 0 Å². The van der Waals surface area contributed by atoms with Crippen LogP contribution in [0.1, 0.15) is 5.56 Å². The van der Waals surface area contributed by atoms with E-state index in [9.17, 15) is 9.59 Å². The summed E-state index contributed by atoms with van der Waals surface area (Å²) in [6, 6.07) is 17.9. The molecule has 0 saturated carbocycles. The molecular weight excluding hydrogens is 356 g/mol. The first-order valence-corrected chi connectivity index (χ1v) is 8.44. The van der Waals surface area contributed by atoms with E-state index in [0.29, 0.717) is 22.3 Å². The highest BCUT2D eigenvalue weighted by Crippen LogP contribution is 2.13. The van der Waals surface area contributed by atoms with E-state index in [2.05, 4.69) is 15.4 Å². The quantitative estimate of drug-likeness (QED) is 0.592. The second kappa shape index (κ2) is 7.17. The SMILES string of the molecule is N#Cc1cccc(NC(=O)Cn2cnc3c(cnn3-c3ccccc3)c2=O)c1. The van der Waals surface area contributed by atoms with Crippen LogP contribution in [0.3, 0.4) is 0 Å². The molecule has 0 radical (unpaired) electrons. The smallest absolute Gasteiger partial charge is 0.264 e. The van der Waals surface area contributed by atoms with Crippen LogP contribution < -0.4 is 10.9 Å². The van der Waals surface area contributed by atoms with Crippen molar-refractivity contribution in [2.45, 2.75) is 6.54 Å². The minimum atomic E-state index is -0.395. The predicted molar refractivity (Wildman–Crippen MR) is 103 cm³/mol. The van der Waals surface area contributed by atoms with Gasteiger partial charge in [-0.25, -0.2) is 9.67 Å². The average Bonchev–Trinajstić information content (AvgIpc) is 3.16. The molecule has 28 heavy (non-hydrogen) atoms. The van der Waals surface area contributed by atoms with Gasteiger partial charge < -0.3 is 5.32 Å². The lowest BCUT2D eigenvalue weighted by atomic mass is 10.2. The first kappa shape index (κ1) is 17.2. The Balaban J connectivity index is 1.60. The van der Waals surface area contributed by atoms with Crippen LogP contribution in [0, 0.1) is 11.3 Å². The monoisotopic (exact) mass is 370 g/mol. The fraction of sp³-hybridized carbons (Fsp3) is 0.0500. The lowest BCUT2D eigenvalue weighted by Gasteiger charge is -2.08. The maximum atomic E-state index is 12.7. The zero-order valence-corrected chi connectivity index (χ0v) is 14.6. The van der Waals surface area contributed by atoms with E-state index >= 15 is 0 Å². The highest BCUT2D eigenvalue weighted by atomic mass is 16.2. The molecule has 1 N–H and O–H groups in total. The van der Waals surface area contributed by atoms with Gasteiger partial charge in [0.1, 0.15) is 18.3 Å². The molecule has 0 fully saturated rings. The summed E-state index contributed by atoms with van der Waals surface area (Å²) in [6.45, 7) is -0.199. The van der Waals surface area contributed by atoms with Gasteiger partial charge in [-0.15, -0.1) is 0 Å². The van der Waals surface area contributed by atoms with Gasteiger partial charge in [0.25, 0.3) is 5.56 Å². The fourth-order valence-corrected chi connectivity index (χ4v) is 2.84. The maximum absolute atomic E-state index is 12.7. The normalized spacial score (nSPS) is 10.5. The second-order valence-corrected chi connectivity index (χ2v) is 6.05. The number of carbonyl (C=O) groups excluding carboxylic acids is 1. The number of nitriles is 1. The molecule has 0 aliphatic rings. The number of rotatable bonds is 4. The number of fused-ring (bicyclic) bond motifs is 1. The van der Waals surface area contributed by atoms with Crippen LogP contribution in [0.5, 0.6) is 0 Å². The molecule has 2 heterocycles. The van der Waals surface area contributed by atoms with E-state index in [1.54, 1.807) is 28.9 Å². The molecule has 0 bridgehead atoms. The Morgan fingerprint density at radius 2 is 1.96 bits per heavy atom. The summed E-state index contributed by atoms with van der Waals surface area (Å²) in [5.74, 6) is -0.395. The van der Waals surface area contributed by atoms with Crippen molar-refractivity contribution in [3.05, 3.63) is 83.0 Å². The molecule has 0 spiro atoms. The van der Waals surface area contributed by atoms with E-state index in [1.807, 2.05) is 36.4 Å². The third-order valence-electron chi connectivity index (χ3n) is 4.14. The molecule has 4 aromatic rings. The molecule has 0 aliphatic heterocycles. The van der Waals surface area contributed by atoms with Gasteiger partial charge >= 0.3 is 0 Å². The Hall–Kier alpha value is -4.25. The number of amides is 1. The minimum absolute atomic E-state index is 0.199. The van der Waals surface area contributed by atoms with Crippen LogP contribution >= 0.6 is 0 Å². The van der Waals surface area contributed by atoms with Gasteiger partial charge in [-0.3, -0.25) is 14.2 Å². The molecular formula is C20H14N6O2. The lowest BCUT2D eigenvalue weighted by Crippen LogP contribution is -2.27. The Morgan fingerprint density at radius 1 is 1.14 bits per heavy atom. The van der Waals surface area contributed by atoms with E-state index < -0.39 is 5.91 Å². The van der Waals surface area contributed by atoms with Gasteiger partial charge in [0.15, 0.2) is 5.65 Å². The summed E-state index contributed by atoms with van der Waals surface area (Å²) in [5, 5.41) is 16.2. The van der Waals surface area contributed by atoms with E-state index in [-0.39, 0.29) is 12.1 Å². The summed E-state index contributed by atoms with van der Waals surface area (Å²) in [5.41, 5.74) is 1.79. The van der Waals surface area contributed by atoms with Crippen molar-refractivity contribution in [1.29, 1.82) is 5.26 Å². The number of anilines is 1. The number of hydrogen-bond acceptors (Lipinski definition) is 5. The van der Waals surface area contributed by atoms with Crippen LogP contribution in [0.15, 0.2) is 71.9 Å². The Labute approximate surface area is 159 Å². The van der Waals surface area contributed by atoms with Gasteiger partial charge in [0, 0.05) is 5.69 Å². The number of nitrogens with zero attached hydrogens (tertiary/aromatic N) is 5. The maximum Gasteiger partial charge on any atom is 0.264 e. The number of para-hydroxylation sites is 1. The van der Waals surface area contributed by atoms with E-state index in [0.717, 1.165) is 5.69 Å². The second-order valence-electron chi connectivity index (χ2n) is 6.05. The van der Waals surface area contributed by atoms with Gasteiger partial charge in [-0.2, -0.15) is 10.4 Å². The van der Waals surface area contributed by atoms with E-state index in [1.165, 1.54) is 17.1 Å². The highest BCUT2D eigenvalue weighted by molar-refractivity contribution is 5.90. The summed E-state index contributed by atoms with van der Waals surface area (Å²) in [4.78, 5) is 29.3. The molecule has 8 heteroatoms. The number of benzene rings is 2. The van der Waals surface area contributed by atoms with Crippen molar-refractivity contribution < 1.29 is 4.79 Å². The minimum Gasteiger partial charge on any atom is -0.324 e. The first-order chi connectivity index (χ1) is 13.7. The zero-order chi connectivity index (χ0) is 19.5. The molecule has 136 valence electrons. The van der Waals surface area contributed by atoms with Gasteiger partial charge in [0.05, 0.1) is 23.5 Å². The first-order valence-electron chi connectivity index (χ1n) is 8.44. The molecule has 2 aromatic heterocycles. The lowest BCUT2D eigenvalue weighted by molar-refractivity contribution is -0.116. The Bertz CT molecular complexity index is 1270. The fourth-order valence-electron chi connectivity index (χ4n) is 2.84. The van der Waals surface area contributed by atoms with Gasteiger partial charge in [-0.1, -0.05) is 24.3 Å². The van der Waals surface area contributed by atoms with Crippen molar-refractivity contribution in [3.8, 4) is 11.8 Å². The molecule has 0 atom stereocenters. The van der Waals surface area contributed by atoms with Crippen LogP contribution in [0.25, 0.3) is 16.7 Å². The standard InChI is InChI=1S/C20H14N6O2/c21-10-14-5-4-6-15(9-14)24-18(27)12-25-13-22-19-17(20(25)28)11-23-26(19)16-7-2-1-3-8-16/h1-9,11,13H,12H2,(H,24,27). The van der Waals surface area contributed by atoms with Crippen molar-refractivity contribution in [1.82, 2.24) is 19.3 Å². The van der Waals surface area contributed by atoms with E-state index in [4.69, 9.17) is 5.26 Å². The third-order valence-corrected chi connectivity index (χ3v) is 4.14. The predicted octanol–water partition coefficient (Wildman–Crippen LogP) is 2.09. The number of hydrogen-bond donors (Lipinski definition) is 1. The number of aromatic nitrogens is 4. The van der Waals surface area contributed by atoms with Crippen LogP contribution in [-0.4, -0.2) is 25.2 Å². The molecule has 2 aromatic carbocycles. The zero-order valence-electron chi connectivity index (χ0n) is 14.6. The molecule has 0 aliphatic carbocycles. The van der Waals surface area contributed by atoms with Gasteiger partial charge in [-0.05, 0) is 30.3 Å². The van der Waals surface area contributed by atoms with Crippen molar-refractivity contribution in [2.75, 3.05) is 5.32 Å². The van der Waals surface area contributed by atoms with Crippen LogP contribution in [0.4, 0.5) is 5.69 Å². The van der Waals surface area contributed by atoms with Gasteiger partial charge in [0.2, 0.25) is 5.91 Å². The Kier molecular flexibility index (Phi) is 4.40. The molecule has 8 nitrogen and oxygen atoms in total. The summed E-state index contributed by atoms with van der Waals surface area (Å²) >= 11 is 0. The average molecular weight is 370 g/mol. The van der Waals surface area contributed by atoms with Crippen LogP contribution in [-0.2, 0) is 11.3 Å². The topological polar surface area (TPSA) is 106 Å². The number of carbonyl (C=O) groups is 1. The molecule has 1 amide bonds. The summed E-state index contributed by atoms with van der Waals surface area (Å²) in [6.07, 6.45) is 2.78. The summed E-state index contributed by atoms with van der Waals surface area (Å²) < 4.78 is 2.80. The van der Waals surface area contributed by atoms with Crippen molar-refractivity contribution in [3.63, 3.8) is 0 Å². The largest absolute Gasteiger partial charge is 0.324 e. The highest BCUT2D eigenvalue weighted by Gasteiger charge is 2.13. The van der Waals surface area contributed by atoms with Crippen LogP contribution in [0.2, 0.25) is 0 Å². The molecule has 4 rings (SSSR count). The molecule has 0 unspecified atom stereocenters. The summed E-state index contributed by atoms with van der Waals surface area (Å²) in [7, 11) is 0. The molecule has 0 saturated heterocycles. The third kappa shape index (κ3) is 3.24.